The van der Waals surface area contributed by atoms with Crippen LogP contribution >= 0.6 is 58.2 Å². The van der Waals surface area contributed by atoms with Crippen LogP contribution in [0.1, 0.15) is 18.1 Å². The maximum Gasteiger partial charge on any atom is 0.180 e. The normalized spacial score (nSPS) is 12.5. The highest BCUT2D eigenvalue weighted by atomic mass is 35.5. The summed E-state index contributed by atoms with van der Waals surface area (Å²) in [7, 11) is 0. The van der Waals surface area contributed by atoms with Crippen molar-refractivity contribution in [1.82, 2.24) is 0 Å². The second-order valence-electron chi connectivity index (χ2n) is 4.74. The second-order valence-corrected chi connectivity index (χ2v) is 7.37. The molecule has 0 aliphatic heterocycles. The summed E-state index contributed by atoms with van der Waals surface area (Å²) in [5.41, 5.74) is 8.18. The molecule has 0 radical (unpaired) electrons. The predicted octanol–water partition coefficient (Wildman–Crippen LogP) is 6.27. The van der Waals surface area contributed by atoms with Crippen LogP contribution in [0.2, 0.25) is 20.1 Å². The highest BCUT2D eigenvalue weighted by Crippen LogP contribution is 2.28. The highest BCUT2D eigenvalue weighted by molar-refractivity contribution is 8.13. The molecule has 0 saturated carbocycles. The lowest BCUT2D eigenvalue weighted by Crippen LogP contribution is -2.07. The van der Waals surface area contributed by atoms with Crippen LogP contribution in [0.5, 0.6) is 0 Å². The molecule has 3 nitrogen and oxygen atoms in total. The van der Waals surface area contributed by atoms with Gasteiger partial charge in [-0.2, -0.15) is 5.10 Å². The monoisotopic (exact) mass is 419 g/mol. The molecule has 2 rings (SSSR count). The van der Waals surface area contributed by atoms with E-state index in [1.165, 1.54) is 11.8 Å². The van der Waals surface area contributed by atoms with Crippen LogP contribution in [0.15, 0.2) is 46.6 Å². The molecule has 0 aliphatic carbocycles. The molecule has 0 fully saturated rings. The van der Waals surface area contributed by atoms with Crippen LogP contribution in [-0.2, 0) is 5.75 Å². The lowest BCUT2D eigenvalue weighted by Gasteiger charge is -2.05. The molecule has 0 spiro atoms. The van der Waals surface area contributed by atoms with E-state index >= 15 is 0 Å². The molecular weight excluding hydrogens is 408 g/mol. The lowest BCUT2D eigenvalue weighted by molar-refractivity contribution is 1.23. The number of benzene rings is 2. The van der Waals surface area contributed by atoms with Crippen molar-refractivity contribution >= 4 is 69.0 Å². The summed E-state index contributed by atoms with van der Waals surface area (Å²) in [6.45, 7) is 1.81. The Labute approximate surface area is 164 Å². The third-order valence-corrected chi connectivity index (χ3v) is 5.32. The molecule has 0 saturated heterocycles. The van der Waals surface area contributed by atoms with Crippen molar-refractivity contribution in [3.8, 4) is 0 Å². The van der Waals surface area contributed by atoms with Crippen LogP contribution in [-0.4, -0.2) is 10.9 Å². The first-order chi connectivity index (χ1) is 11.4. The molecular formula is C16H13Cl4N3S. The smallest absolute Gasteiger partial charge is 0.180 e. The quantitative estimate of drug-likeness (QED) is 0.359. The van der Waals surface area contributed by atoms with E-state index in [-0.39, 0.29) is 0 Å². The molecule has 0 aliphatic rings. The molecule has 2 aromatic rings. The molecule has 24 heavy (non-hydrogen) atoms. The average Bonchev–Trinajstić information content (AvgIpc) is 2.54. The minimum absolute atomic E-state index is 0.311. The molecule has 0 atom stereocenters. The molecule has 0 heterocycles. The zero-order valence-electron chi connectivity index (χ0n) is 12.6. The first kappa shape index (κ1) is 19.4. The first-order valence-electron chi connectivity index (χ1n) is 6.77. The van der Waals surface area contributed by atoms with E-state index in [0.717, 1.165) is 11.1 Å². The van der Waals surface area contributed by atoms with Crippen molar-refractivity contribution in [3.05, 3.63) is 67.6 Å². The number of amidine groups is 1. The van der Waals surface area contributed by atoms with Gasteiger partial charge in [-0.05, 0) is 42.3 Å². The Kier molecular flexibility index (Phi) is 7.26. The fourth-order valence-corrected chi connectivity index (χ4v) is 3.44. The van der Waals surface area contributed by atoms with Crippen LogP contribution in [0.4, 0.5) is 0 Å². The van der Waals surface area contributed by atoms with Gasteiger partial charge in [-0.1, -0.05) is 70.3 Å². The van der Waals surface area contributed by atoms with Crippen molar-refractivity contribution in [2.24, 2.45) is 15.9 Å². The van der Waals surface area contributed by atoms with Crippen molar-refractivity contribution in [2.75, 3.05) is 0 Å². The van der Waals surface area contributed by atoms with Crippen LogP contribution in [0, 0.1) is 0 Å². The summed E-state index contributed by atoms with van der Waals surface area (Å²) < 4.78 is 0. The molecule has 0 unspecified atom stereocenters. The van der Waals surface area contributed by atoms with Gasteiger partial charge >= 0.3 is 0 Å². The summed E-state index contributed by atoms with van der Waals surface area (Å²) >= 11 is 25.4. The van der Waals surface area contributed by atoms with Crippen molar-refractivity contribution < 1.29 is 0 Å². The van der Waals surface area contributed by atoms with Gasteiger partial charge < -0.3 is 5.73 Å². The van der Waals surface area contributed by atoms with Crippen molar-refractivity contribution in [3.63, 3.8) is 0 Å². The van der Waals surface area contributed by atoms with Gasteiger partial charge in [0, 0.05) is 15.8 Å². The summed E-state index contributed by atoms with van der Waals surface area (Å²) in [5, 5.41) is 10.6. The molecule has 2 N–H and O–H groups in total. The first-order valence-corrected chi connectivity index (χ1v) is 9.27. The van der Waals surface area contributed by atoms with Gasteiger partial charge in [0.2, 0.25) is 0 Å². The van der Waals surface area contributed by atoms with Gasteiger partial charge in [0.1, 0.15) is 0 Å². The van der Waals surface area contributed by atoms with Gasteiger partial charge in [-0.3, -0.25) is 0 Å². The number of hydrogen-bond donors (Lipinski definition) is 1. The number of rotatable bonds is 4. The largest absolute Gasteiger partial charge is 0.377 e. The molecule has 0 bridgehead atoms. The van der Waals surface area contributed by atoms with E-state index in [4.69, 9.17) is 52.1 Å². The molecule has 0 amide bonds. The fourth-order valence-electron chi connectivity index (χ4n) is 1.75. The van der Waals surface area contributed by atoms with Gasteiger partial charge in [0.15, 0.2) is 5.17 Å². The van der Waals surface area contributed by atoms with E-state index in [2.05, 4.69) is 10.2 Å². The third-order valence-electron chi connectivity index (χ3n) is 3.06. The number of nitrogens with zero attached hydrogens (tertiary/aromatic N) is 2. The predicted molar refractivity (Wildman–Crippen MR) is 108 cm³/mol. The number of thioether (sulfide) groups is 1. The molecule has 0 aromatic heterocycles. The molecule has 2 aromatic carbocycles. The zero-order valence-corrected chi connectivity index (χ0v) is 16.4. The summed E-state index contributed by atoms with van der Waals surface area (Å²) in [4.78, 5) is 0. The summed E-state index contributed by atoms with van der Waals surface area (Å²) in [6.07, 6.45) is 0. The maximum atomic E-state index is 6.12. The van der Waals surface area contributed by atoms with Crippen molar-refractivity contribution in [1.29, 1.82) is 0 Å². The number of halogens is 4. The van der Waals surface area contributed by atoms with E-state index in [1.807, 2.05) is 13.0 Å². The van der Waals surface area contributed by atoms with Crippen LogP contribution in [0.3, 0.4) is 0 Å². The molecule has 126 valence electrons. The lowest BCUT2D eigenvalue weighted by atomic mass is 10.1. The minimum Gasteiger partial charge on any atom is -0.377 e. The van der Waals surface area contributed by atoms with Crippen LogP contribution in [0.25, 0.3) is 0 Å². The Hall–Kier alpha value is -0.910. The Bertz CT molecular complexity index is 786. The van der Waals surface area contributed by atoms with E-state index in [0.29, 0.717) is 36.7 Å². The van der Waals surface area contributed by atoms with Gasteiger partial charge in [0.25, 0.3) is 0 Å². The SMILES string of the molecule is C/C(=N\N=C(/N)SCc1c(Cl)cccc1Cl)c1ccc(Cl)c(Cl)c1. The van der Waals surface area contributed by atoms with Crippen LogP contribution < -0.4 is 5.73 Å². The second kappa shape index (κ2) is 8.97. The summed E-state index contributed by atoms with van der Waals surface area (Å²) in [6, 6.07) is 10.6. The standard InChI is InChI=1S/C16H13Cl4N3S/c1-9(10-5-6-14(19)15(20)7-10)22-23-16(21)24-8-11-12(17)3-2-4-13(11)18/h2-7H,8H2,1H3,(H2,21,23)/b22-9+. The number of nitrogens with two attached hydrogens (primary N) is 1. The maximum absolute atomic E-state index is 6.12. The Morgan fingerprint density at radius 2 is 1.62 bits per heavy atom. The Morgan fingerprint density at radius 1 is 0.958 bits per heavy atom. The topological polar surface area (TPSA) is 50.7 Å². The summed E-state index contributed by atoms with van der Waals surface area (Å²) in [5.74, 6) is 0.509. The van der Waals surface area contributed by atoms with Gasteiger partial charge in [-0.25, -0.2) is 0 Å². The van der Waals surface area contributed by atoms with E-state index in [1.54, 1.807) is 30.3 Å². The van der Waals surface area contributed by atoms with Gasteiger partial charge in [-0.15, -0.1) is 5.10 Å². The average molecular weight is 421 g/mol. The van der Waals surface area contributed by atoms with Crippen molar-refractivity contribution in [2.45, 2.75) is 12.7 Å². The van der Waals surface area contributed by atoms with Gasteiger partial charge in [0.05, 0.1) is 15.8 Å². The minimum atomic E-state index is 0.311. The Morgan fingerprint density at radius 3 is 2.25 bits per heavy atom. The third kappa shape index (κ3) is 5.30. The zero-order chi connectivity index (χ0) is 17.7. The molecule has 8 heteroatoms. The van der Waals surface area contributed by atoms with E-state index in [9.17, 15) is 0 Å². The number of hydrogen-bond acceptors (Lipinski definition) is 3. The Balaban J connectivity index is 2.06. The highest BCUT2D eigenvalue weighted by Gasteiger charge is 2.07. The van der Waals surface area contributed by atoms with E-state index < -0.39 is 0 Å². The fraction of sp³-hybridized carbons (Fsp3) is 0.125.